The molecule has 2 N–H and O–H groups in total. The molecule has 2 rings (SSSR count). The van der Waals surface area contributed by atoms with Crippen LogP contribution in [0.1, 0.15) is 27.7 Å². The summed E-state index contributed by atoms with van der Waals surface area (Å²) in [5, 5.41) is 0. The first-order valence-corrected chi connectivity index (χ1v) is 6.51. The molecule has 0 unspecified atom stereocenters. The average molecular weight is 252 g/mol. The van der Waals surface area contributed by atoms with Crippen LogP contribution in [0.2, 0.25) is 0 Å². The Morgan fingerprint density at radius 1 is 1.11 bits per heavy atom. The van der Waals surface area contributed by atoms with E-state index in [4.69, 9.17) is 10.5 Å². The number of nitrogen functional groups attached to an aromatic ring is 1. The van der Waals surface area contributed by atoms with Crippen molar-refractivity contribution in [1.29, 1.82) is 0 Å². The Bertz CT molecular complexity index is 336. The third-order valence-electron chi connectivity index (χ3n) is 2.19. The predicted molar refractivity (Wildman–Crippen MR) is 76.7 cm³/mol. The first kappa shape index (κ1) is 16.4. The van der Waals surface area contributed by atoms with Crippen molar-refractivity contribution in [3.63, 3.8) is 0 Å². The summed E-state index contributed by atoms with van der Waals surface area (Å²) in [7, 11) is 0. The molecule has 1 saturated heterocycles. The van der Waals surface area contributed by atoms with E-state index in [1.165, 1.54) is 0 Å². The highest BCUT2D eigenvalue weighted by Gasteiger charge is 2.19. The molecule has 4 heteroatoms. The molecule has 102 valence electrons. The standard InChI is InChI=1S/C10H12N2O2.2C2H6/c11-8-1-3-9(4-2-8)12-5-6-14-7-10(12)13;2*1-2/h1-4H,5-7,11H2;2*1-2H3. The van der Waals surface area contributed by atoms with Crippen LogP contribution in [0.5, 0.6) is 0 Å². The molecule has 1 heterocycles. The summed E-state index contributed by atoms with van der Waals surface area (Å²) in [6.07, 6.45) is 0. The van der Waals surface area contributed by atoms with Crippen LogP contribution < -0.4 is 10.6 Å². The lowest BCUT2D eigenvalue weighted by atomic mass is 10.2. The minimum Gasteiger partial charge on any atom is -0.399 e. The second-order valence-corrected chi connectivity index (χ2v) is 3.19. The Morgan fingerprint density at radius 2 is 1.67 bits per heavy atom. The molecule has 4 nitrogen and oxygen atoms in total. The number of amides is 1. The number of carbonyl (C=O) groups is 1. The van der Waals surface area contributed by atoms with Crippen LogP contribution in [0.15, 0.2) is 24.3 Å². The van der Waals surface area contributed by atoms with Crippen LogP contribution in [-0.2, 0) is 9.53 Å². The van der Waals surface area contributed by atoms with Crippen LogP contribution >= 0.6 is 0 Å². The maximum atomic E-state index is 11.4. The van der Waals surface area contributed by atoms with Gasteiger partial charge in [0.1, 0.15) is 6.61 Å². The molecule has 0 spiro atoms. The summed E-state index contributed by atoms with van der Waals surface area (Å²) in [4.78, 5) is 13.2. The van der Waals surface area contributed by atoms with Gasteiger partial charge in [-0.2, -0.15) is 0 Å². The zero-order valence-electron chi connectivity index (χ0n) is 11.8. The van der Waals surface area contributed by atoms with Crippen molar-refractivity contribution in [3.05, 3.63) is 24.3 Å². The Labute approximate surface area is 110 Å². The van der Waals surface area contributed by atoms with Crippen molar-refractivity contribution in [2.45, 2.75) is 27.7 Å². The first-order valence-electron chi connectivity index (χ1n) is 6.51. The van der Waals surface area contributed by atoms with Crippen molar-refractivity contribution in [2.24, 2.45) is 0 Å². The number of morpholine rings is 1. The zero-order valence-corrected chi connectivity index (χ0v) is 11.8. The number of rotatable bonds is 1. The van der Waals surface area contributed by atoms with E-state index in [1.807, 2.05) is 39.8 Å². The fourth-order valence-corrected chi connectivity index (χ4v) is 1.45. The van der Waals surface area contributed by atoms with Gasteiger partial charge in [-0.3, -0.25) is 4.79 Å². The Hall–Kier alpha value is -1.55. The Kier molecular flexibility index (Phi) is 8.66. The van der Waals surface area contributed by atoms with Gasteiger partial charge in [-0.1, -0.05) is 27.7 Å². The summed E-state index contributed by atoms with van der Waals surface area (Å²) in [5.41, 5.74) is 7.15. The lowest BCUT2D eigenvalue weighted by molar-refractivity contribution is -0.125. The fourth-order valence-electron chi connectivity index (χ4n) is 1.45. The van der Waals surface area contributed by atoms with Crippen molar-refractivity contribution in [3.8, 4) is 0 Å². The van der Waals surface area contributed by atoms with Crippen molar-refractivity contribution in [1.82, 2.24) is 0 Å². The van der Waals surface area contributed by atoms with E-state index in [1.54, 1.807) is 17.0 Å². The van der Waals surface area contributed by atoms with Gasteiger partial charge < -0.3 is 15.4 Å². The van der Waals surface area contributed by atoms with Crippen LogP contribution in [0, 0.1) is 0 Å². The second kappa shape index (κ2) is 9.48. The van der Waals surface area contributed by atoms with E-state index in [2.05, 4.69) is 0 Å². The van der Waals surface area contributed by atoms with Crippen molar-refractivity contribution in [2.75, 3.05) is 30.4 Å². The molecule has 1 aliphatic heterocycles. The number of nitrogens with two attached hydrogens (primary N) is 1. The second-order valence-electron chi connectivity index (χ2n) is 3.19. The summed E-state index contributed by atoms with van der Waals surface area (Å²) in [6.45, 7) is 9.38. The molecule has 18 heavy (non-hydrogen) atoms. The number of anilines is 2. The van der Waals surface area contributed by atoms with Gasteiger partial charge >= 0.3 is 0 Å². The Morgan fingerprint density at radius 3 is 2.17 bits per heavy atom. The van der Waals surface area contributed by atoms with Crippen LogP contribution in [0.3, 0.4) is 0 Å². The number of ether oxygens (including phenoxy) is 1. The molecule has 0 saturated carbocycles. The smallest absolute Gasteiger partial charge is 0.253 e. The summed E-state index contributed by atoms with van der Waals surface area (Å²) in [5.74, 6) is 0.000946. The van der Waals surface area contributed by atoms with E-state index in [9.17, 15) is 4.79 Å². The minimum absolute atomic E-state index is 0.000946. The van der Waals surface area contributed by atoms with Gasteiger partial charge in [0, 0.05) is 17.9 Å². The number of benzene rings is 1. The molecule has 0 aliphatic carbocycles. The summed E-state index contributed by atoms with van der Waals surface area (Å²) >= 11 is 0. The quantitative estimate of drug-likeness (QED) is 0.782. The van der Waals surface area contributed by atoms with E-state index >= 15 is 0 Å². The lowest BCUT2D eigenvalue weighted by Crippen LogP contribution is -2.41. The first-order chi connectivity index (χ1) is 8.77. The van der Waals surface area contributed by atoms with Gasteiger partial charge in [0.15, 0.2) is 0 Å². The van der Waals surface area contributed by atoms with E-state index in [0.717, 1.165) is 5.69 Å². The normalized spacial score (nSPS) is 14.0. The van der Waals surface area contributed by atoms with Gasteiger partial charge in [-0.15, -0.1) is 0 Å². The highest BCUT2D eigenvalue weighted by molar-refractivity contribution is 5.94. The van der Waals surface area contributed by atoms with Crippen LogP contribution in [0.4, 0.5) is 11.4 Å². The van der Waals surface area contributed by atoms with Crippen molar-refractivity contribution < 1.29 is 9.53 Å². The van der Waals surface area contributed by atoms with E-state index in [0.29, 0.717) is 18.8 Å². The molecular weight excluding hydrogens is 228 g/mol. The molecule has 0 atom stereocenters. The van der Waals surface area contributed by atoms with Gasteiger partial charge in [-0.25, -0.2) is 0 Å². The molecule has 1 aliphatic rings. The number of hydrogen-bond donors (Lipinski definition) is 1. The molecule has 0 bridgehead atoms. The molecule has 1 aromatic carbocycles. The van der Waals surface area contributed by atoms with Crippen LogP contribution in [-0.4, -0.2) is 25.7 Å². The maximum Gasteiger partial charge on any atom is 0.253 e. The zero-order chi connectivity index (χ0) is 14.0. The minimum atomic E-state index is 0.000946. The molecule has 1 amide bonds. The number of carbonyl (C=O) groups excluding carboxylic acids is 1. The summed E-state index contributed by atoms with van der Waals surface area (Å²) < 4.78 is 5.04. The monoisotopic (exact) mass is 252 g/mol. The predicted octanol–water partition coefficient (Wildman–Crippen LogP) is 2.68. The molecule has 0 radical (unpaired) electrons. The lowest BCUT2D eigenvalue weighted by Gasteiger charge is -2.26. The molecule has 1 aromatic rings. The highest BCUT2D eigenvalue weighted by atomic mass is 16.5. The summed E-state index contributed by atoms with van der Waals surface area (Å²) in [6, 6.07) is 7.27. The SMILES string of the molecule is CC.CC.Nc1ccc(N2CCOCC2=O)cc1. The maximum absolute atomic E-state index is 11.4. The van der Waals surface area contributed by atoms with Gasteiger partial charge in [0.2, 0.25) is 0 Å². The number of nitrogens with zero attached hydrogens (tertiary/aromatic N) is 1. The largest absolute Gasteiger partial charge is 0.399 e. The Balaban J connectivity index is 0.000000659. The molecular formula is C14H24N2O2. The van der Waals surface area contributed by atoms with Crippen LogP contribution in [0.25, 0.3) is 0 Å². The van der Waals surface area contributed by atoms with E-state index in [-0.39, 0.29) is 12.5 Å². The topological polar surface area (TPSA) is 55.6 Å². The van der Waals surface area contributed by atoms with E-state index < -0.39 is 0 Å². The highest BCUT2D eigenvalue weighted by Crippen LogP contribution is 2.17. The van der Waals surface area contributed by atoms with Gasteiger partial charge in [0.25, 0.3) is 5.91 Å². The third kappa shape index (κ3) is 4.75. The average Bonchev–Trinajstić information content (AvgIpc) is 2.45. The third-order valence-corrected chi connectivity index (χ3v) is 2.19. The molecule has 1 fully saturated rings. The number of hydrogen-bond acceptors (Lipinski definition) is 3. The van der Waals surface area contributed by atoms with Gasteiger partial charge in [0.05, 0.1) is 6.61 Å². The fraction of sp³-hybridized carbons (Fsp3) is 0.500. The van der Waals surface area contributed by atoms with Gasteiger partial charge in [-0.05, 0) is 24.3 Å². The van der Waals surface area contributed by atoms with Crippen molar-refractivity contribution >= 4 is 17.3 Å². The molecule has 0 aromatic heterocycles.